The average molecular weight is 523 g/mol. The van der Waals surface area contributed by atoms with E-state index < -0.39 is 6.09 Å². The van der Waals surface area contributed by atoms with Crippen molar-refractivity contribution in [1.29, 1.82) is 0 Å². The number of nitrogens with one attached hydrogen (secondary N) is 3. The number of guanidine groups is 1. The number of aliphatic imine (C=N–C) groups is 1. The molecule has 0 radical (unpaired) electrons. The summed E-state index contributed by atoms with van der Waals surface area (Å²) >= 11 is 0. The minimum absolute atomic E-state index is 0. The molecule has 0 aliphatic carbocycles. The van der Waals surface area contributed by atoms with Crippen LogP contribution in [0, 0.1) is 5.92 Å². The quantitative estimate of drug-likeness (QED) is 0.259. The molecule has 1 amide bonds. The van der Waals surface area contributed by atoms with Crippen LogP contribution in [-0.4, -0.2) is 42.8 Å². The highest BCUT2D eigenvalue weighted by atomic mass is 127. The molecule has 29 heavy (non-hydrogen) atoms. The molecule has 1 unspecified atom stereocenters. The van der Waals surface area contributed by atoms with Crippen molar-refractivity contribution < 1.29 is 13.9 Å². The van der Waals surface area contributed by atoms with E-state index in [4.69, 9.17) is 9.15 Å². The van der Waals surface area contributed by atoms with E-state index in [-0.39, 0.29) is 35.4 Å². The lowest BCUT2D eigenvalue weighted by Crippen LogP contribution is -2.47. The second-order valence-electron chi connectivity index (χ2n) is 8.14. The Morgan fingerprint density at radius 3 is 2.48 bits per heavy atom. The van der Waals surface area contributed by atoms with Crippen LogP contribution < -0.4 is 16.0 Å². The van der Waals surface area contributed by atoms with E-state index >= 15 is 0 Å². The molecule has 0 saturated carbocycles. The molecule has 168 valence electrons. The molecule has 1 rings (SSSR count). The Hall–Kier alpha value is -1.52. The van der Waals surface area contributed by atoms with Crippen LogP contribution in [0.4, 0.5) is 4.79 Å². The Kier molecular flexibility index (Phi) is 12.9. The van der Waals surface area contributed by atoms with Crippen LogP contribution in [0.2, 0.25) is 0 Å². The van der Waals surface area contributed by atoms with Gasteiger partial charge in [0.05, 0.1) is 12.8 Å². The van der Waals surface area contributed by atoms with E-state index in [2.05, 4.69) is 60.5 Å². The van der Waals surface area contributed by atoms with Crippen molar-refractivity contribution in [2.24, 2.45) is 10.9 Å². The first-order valence-electron chi connectivity index (χ1n) is 10.1. The second kappa shape index (κ2) is 13.7. The first kappa shape index (κ1) is 27.5. The minimum Gasteiger partial charge on any atom is -0.450 e. The van der Waals surface area contributed by atoms with Gasteiger partial charge in [0.2, 0.25) is 5.89 Å². The molecule has 8 nitrogen and oxygen atoms in total. The Bertz CT molecular complexity index is 626. The summed E-state index contributed by atoms with van der Waals surface area (Å²) in [5, 5.41) is 9.39. The zero-order valence-electron chi connectivity index (χ0n) is 18.8. The largest absolute Gasteiger partial charge is 0.450 e. The molecule has 0 aliphatic rings. The fourth-order valence-electron chi connectivity index (χ4n) is 2.54. The zero-order chi connectivity index (χ0) is 21.2. The van der Waals surface area contributed by atoms with Crippen LogP contribution in [0.3, 0.4) is 0 Å². The van der Waals surface area contributed by atoms with E-state index in [1.807, 2.05) is 6.92 Å². The lowest BCUT2D eigenvalue weighted by Gasteiger charge is -2.22. The van der Waals surface area contributed by atoms with Gasteiger partial charge in [0, 0.05) is 24.5 Å². The van der Waals surface area contributed by atoms with E-state index in [0.717, 1.165) is 18.7 Å². The number of alkyl carbamates (subject to hydrolysis) is 1. The van der Waals surface area contributed by atoms with Gasteiger partial charge in [-0.3, -0.25) is 0 Å². The van der Waals surface area contributed by atoms with Gasteiger partial charge in [-0.25, -0.2) is 14.8 Å². The van der Waals surface area contributed by atoms with Gasteiger partial charge < -0.3 is 25.1 Å². The normalized spacial score (nSPS) is 12.9. The first-order chi connectivity index (χ1) is 13.2. The van der Waals surface area contributed by atoms with E-state index in [1.54, 1.807) is 13.1 Å². The number of oxazole rings is 1. The molecule has 0 saturated heterocycles. The maximum absolute atomic E-state index is 11.8. The van der Waals surface area contributed by atoms with E-state index in [1.165, 1.54) is 0 Å². The predicted octanol–water partition coefficient (Wildman–Crippen LogP) is 3.81. The van der Waals surface area contributed by atoms with E-state index in [9.17, 15) is 4.79 Å². The van der Waals surface area contributed by atoms with Crippen molar-refractivity contribution >= 4 is 36.0 Å². The fraction of sp³-hybridized carbons (Fsp3) is 0.750. The van der Waals surface area contributed by atoms with Crippen molar-refractivity contribution in [3.8, 4) is 0 Å². The van der Waals surface area contributed by atoms with Gasteiger partial charge >= 0.3 is 6.09 Å². The molecular formula is C20H38IN5O3. The van der Waals surface area contributed by atoms with Gasteiger partial charge in [-0.2, -0.15) is 0 Å². The molecule has 0 bridgehead atoms. The summed E-state index contributed by atoms with van der Waals surface area (Å²) in [6.07, 6.45) is 2.19. The van der Waals surface area contributed by atoms with Crippen molar-refractivity contribution in [3.05, 3.63) is 17.8 Å². The molecule has 1 atom stereocenters. The van der Waals surface area contributed by atoms with Crippen molar-refractivity contribution in [2.75, 3.05) is 19.7 Å². The maximum atomic E-state index is 11.8. The van der Waals surface area contributed by atoms with Gasteiger partial charge in [-0.15, -0.1) is 24.0 Å². The van der Waals surface area contributed by atoms with E-state index in [0.29, 0.717) is 37.5 Å². The summed E-state index contributed by atoms with van der Waals surface area (Å²) in [4.78, 5) is 20.6. The van der Waals surface area contributed by atoms with Crippen LogP contribution in [0.15, 0.2) is 15.6 Å². The molecule has 0 fully saturated rings. The summed E-state index contributed by atoms with van der Waals surface area (Å²) in [6, 6.07) is -0.0582. The third-order valence-electron chi connectivity index (χ3n) is 3.88. The summed E-state index contributed by atoms with van der Waals surface area (Å²) in [5.74, 6) is 2.51. The highest BCUT2D eigenvalue weighted by Gasteiger charge is 2.19. The third-order valence-corrected chi connectivity index (χ3v) is 3.88. The molecule has 1 aromatic heterocycles. The lowest BCUT2D eigenvalue weighted by molar-refractivity contribution is 0.146. The summed E-state index contributed by atoms with van der Waals surface area (Å²) in [5.41, 5.74) is -0.0828. The molecule has 0 aromatic carbocycles. The topological polar surface area (TPSA) is 101 Å². The number of aromatic nitrogens is 1. The van der Waals surface area contributed by atoms with Crippen molar-refractivity contribution in [2.45, 2.75) is 72.9 Å². The molecule has 1 heterocycles. The van der Waals surface area contributed by atoms with Gasteiger partial charge in [0.25, 0.3) is 0 Å². The smallest absolute Gasteiger partial charge is 0.407 e. The van der Waals surface area contributed by atoms with Crippen LogP contribution >= 0.6 is 24.0 Å². The predicted molar refractivity (Wildman–Crippen MR) is 127 cm³/mol. The van der Waals surface area contributed by atoms with Crippen LogP contribution in [-0.2, 0) is 16.7 Å². The molecule has 3 N–H and O–H groups in total. The van der Waals surface area contributed by atoms with Gasteiger partial charge in [-0.1, -0.05) is 34.6 Å². The number of carbonyl (C=O) groups excluding carboxylic acids is 1. The highest BCUT2D eigenvalue weighted by Crippen LogP contribution is 2.22. The van der Waals surface area contributed by atoms with Crippen LogP contribution in [0.5, 0.6) is 0 Å². The Labute approximate surface area is 192 Å². The lowest BCUT2D eigenvalue weighted by atomic mass is 9.94. The number of rotatable bonds is 9. The second-order valence-corrected chi connectivity index (χ2v) is 8.14. The third kappa shape index (κ3) is 11.3. The number of ether oxygens (including phenoxy) is 1. The summed E-state index contributed by atoms with van der Waals surface area (Å²) in [6.45, 7) is 16.2. The first-order valence-corrected chi connectivity index (χ1v) is 10.1. The summed E-state index contributed by atoms with van der Waals surface area (Å²) in [7, 11) is 0. The summed E-state index contributed by atoms with van der Waals surface area (Å²) < 4.78 is 10.8. The Balaban J connectivity index is 0.00000784. The SMILES string of the molecule is CCNC(=NCc1ncc(C(C)(C)C)o1)NCC(CC(C)C)NC(=O)OCC.I. The number of carbonyl (C=O) groups is 1. The average Bonchev–Trinajstić information content (AvgIpc) is 3.06. The number of hydrogen-bond acceptors (Lipinski definition) is 5. The number of nitrogens with zero attached hydrogens (tertiary/aromatic N) is 2. The van der Waals surface area contributed by atoms with Crippen LogP contribution in [0.1, 0.15) is 66.5 Å². The molecule has 1 aromatic rings. The minimum atomic E-state index is -0.397. The number of hydrogen-bond donors (Lipinski definition) is 3. The van der Waals surface area contributed by atoms with Crippen molar-refractivity contribution in [1.82, 2.24) is 20.9 Å². The van der Waals surface area contributed by atoms with Crippen LogP contribution in [0.25, 0.3) is 0 Å². The molecule has 0 spiro atoms. The van der Waals surface area contributed by atoms with Gasteiger partial charge in [0.15, 0.2) is 5.96 Å². The van der Waals surface area contributed by atoms with Gasteiger partial charge in [-0.05, 0) is 26.2 Å². The van der Waals surface area contributed by atoms with Crippen molar-refractivity contribution in [3.63, 3.8) is 0 Å². The number of halogens is 1. The highest BCUT2D eigenvalue weighted by molar-refractivity contribution is 14.0. The molecule has 9 heteroatoms. The Morgan fingerprint density at radius 2 is 1.97 bits per heavy atom. The standard InChI is InChI=1S/C20H37N5O3.HI/c1-8-21-18(24-13-17-22-12-16(28-17)20(5,6)7)23-11-15(10-14(3)4)25-19(26)27-9-2;/h12,14-15H,8-11,13H2,1-7H3,(H,25,26)(H2,21,23,24);1H. The monoisotopic (exact) mass is 523 g/mol. The number of amides is 1. The maximum Gasteiger partial charge on any atom is 0.407 e. The zero-order valence-corrected chi connectivity index (χ0v) is 21.1. The fourth-order valence-corrected chi connectivity index (χ4v) is 2.54. The molecular weight excluding hydrogens is 485 g/mol. The van der Waals surface area contributed by atoms with Gasteiger partial charge in [0.1, 0.15) is 12.3 Å². The molecule has 0 aliphatic heterocycles. The Morgan fingerprint density at radius 1 is 1.28 bits per heavy atom.